The van der Waals surface area contributed by atoms with Gasteiger partial charge in [0.05, 0.1) is 12.1 Å². The van der Waals surface area contributed by atoms with Gasteiger partial charge in [0.25, 0.3) is 0 Å². The topological polar surface area (TPSA) is 84.4 Å². The minimum Gasteiger partial charge on any atom is -0.465 e. The molecule has 1 aromatic heterocycles. The van der Waals surface area contributed by atoms with Crippen LogP contribution in [0.1, 0.15) is 25.3 Å². The quantitative estimate of drug-likeness (QED) is 0.823. The normalized spacial score (nSPS) is 15.1. The molecule has 138 valence electrons. The van der Waals surface area contributed by atoms with E-state index in [4.69, 9.17) is 4.74 Å². The maximum absolute atomic E-state index is 12.3. The number of ether oxygens (including phenoxy) is 1. The van der Waals surface area contributed by atoms with Crippen LogP contribution in [0.25, 0.3) is 10.9 Å². The fraction of sp³-hybridized carbons (Fsp3) is 0.474. The number of nitrogens with zero attached hydrogens (tertiary/aromatic N) is 3. The lowest BCUT2D eigenvalue weighted by atomic mass is 9.95. The number of piperidine rings is 1. The molecule has 1 amide bonds. The van der Waals surface area contributed by atoms with E-state index in [2.05, 4.69) is 33.2 Å². The molecule has 7 nitrogen and oxygen atoms in total. The van der Waals surface area contributed by atoms with Gasteiger partial charge in [-0.1, -0.05) is 12.1 Å². The van der Waals surface area contributed by atoms with E-state index >= 15 is 0 Å². The van der Waals surface area contributed by atoms with E-state index in [1.165, 1.54) is 0 Å². The zero-order valence-corrected chi connectivity index (χ0v) is 15.2. The average molecular weight is 356 g/mol. The Labute approximate surface area is 152 Å². The summed E-state index contributed by atoms with van der Waals surface area (Å²) in [6.07, 6.45) is 3.05. The van der Waals surface area contributed by atoms with Crippen molar-refractivity contribution in [1.29, 1.82) is 0 Å². The highest BCUT2D eigenvalue weighted by molar-refractivity contribution is 5.92. The second-order valence-electron chi connectivity index (χ2n) is 6.45. The first kappa shape index (κ1) is 18.1. The Hall–Kier alpha value is -2.70. The molecule has 0 spiro atoms. The third-order valence-electron chi connectivity index (χ3n) is 4.73. The van der Waals surface area contributed by atoms with E-state index in [0.717, 1.165) is 48.2 Å². The lowest BCUT2D eigenvalue weighted by Crippen LogP contribution is -2.42. The molecule has 0 bridgehead atoms. The summed E-state index contributed by atoms with van der Waals surface area (Å²) in [5.74, 6) is 0.357. The van der Waals surface area contributed by atoms with E-state index in [9.17, 15) is 9.59 Å². The van der Waals surface area contributed by atoms with E-state index in [1.54, 1.807) is 13.3 Å². The second kappa shape index (κ2) is 8.12. The van der Waals surface area contributed by atoms with Crippen LogP contribution in [0.5, 0.6) is 0 Å². The number of hydrogen-bond acceptors (Lipinski definition) is 6. The largest absolute Gasteiger partial charge is 0.465 e. The third-order valence-corrected chi connectivity index (χ3v) is 4.73. The molecule has 2 heterocycles. The van der Waals surface area contributed by atoms with Crippen molar-refractivity contribution in [3.8, 4) is 0 Å². The Kier molecular flexibility index (Phi) is 5.65. The number of benzene rings is 1. The first-order valence-corrected chi connectivity index (χ1v) is 8.98. The predicted octanol–water partition coefficient (Wildman–Crippen LogP) is 1.83. The lowest BCUT2D eigenvalue weighted by molar-refractivity contribution is -0.143. The first-order chi connectivity index (χ1) is 12.6. The monoisotopic (exact) mass is 356 g/mol. The molecule has 1 saturated heterocycles. The number of nitrogens with one attached hydrogen (secondary N) is 1. The summed E-state index contributed by atoms with van der Waals surface area (Å²) in [6.45, 7) is 5.55. The SMILES string of the molecule is CCOC(=O)CNC(=O)C1CCN(c2ncnc3cccc(C)c23)CC1. The molecule has 1 aromatic carbocycles. The Morgan fingerprint density at radius 3 is 2.77 bits per heavy atom. The van der Waals surface area contributed by atoms with Crippen molar-refractivity contribution in [3.63, 3.8) is 0 Å². The summed E-state index contributed by atoms with van der Waals surface area (Å²) in [5.41, 5.74) is 2.08. The van der Waals surface area contributed by atoms with Crippen LogP contribution in [-0.2, 0) is 14.3 Å². The molecule has 0 aliphatic carbocycles. The van der Waals surface area contributed by atoms with Crippen LogP contribution in [0.2, 0.25) is 0 Å². The molecular formula is C19H24N4O3. The minimum absolute atomic E-state index is 0.0668. The summed E-state index contributed by atoms with van der Waals surface area (Å²) < 4.78 is 4.83. The number of anilines is 1. The highest BCUT2D eigenvalue weighted by Gasteiger charge is 2.27. The molecule has 0 unspecified atom stereocenters. The summed E-state index contributed by atoms with van der Waals surface area (Å²) in [4.78, 5) is 34.7. The van der Waals surface area contributed by atoms with Gasteiger partial charge in [-0.05, 0) is 38.3 Å². The Balaban J connectivity index is 1.62. The Morgan fingerprint density at radius 2 is 2.04 bits per heavy atom. The number of hydrogen-bond donors (Lipinski definition) is 1. The second-order valence-corrected chi connectivity index (χ2v) is 6.45. The molecule has 1 fully saturated rings. The van der Waals surface area contributed by atoms with Crippen LogP contribution < -0.4 is 10.2 Å². The molecule has 2 aromatic rings. The minimum atomic E-state index is -0.402. The number of amides is 1. The highest BCUT2D eigenvalue weighted by atomic mass is 16.5. The van der Waals surface area contributed by atoms with Crippen LogP contribution in [0, 0.1) is 12.8 Å². The van der Waals surface area contributed by atoms with Gasteiger partial charge in [-0.25, -0.2) is 9.97 Å². The number of aryl methyl sites for hydroxylation is 1. The van der Waals surface area contributed by atoms with E-state index in [0.29, 0.717) is 6.61 Å². The number of carbonyl (C=O) groups is 2. The van der Waals surface area contributed by atoms with E-state index in [-0.39, 0.29) is 18.4 Å². The summed E-state index contributed by atoms with van der Waals surface area (Å²) in [6, 6.07) is 6.04. The molecule has 3 rings (SSSR count). The third kappa shape index (κ3) is 3.92. The van der Waals surface area contributed by atoms with Crippen LogP contribution >= 0.6 is 0 Å². The van der Waals surface area contributed by atoms with Crippen molar-refractivity contribution in [2.75, 3.05) is 31.1 Å². The molecular weight excluding hydrogens is 332 g/mol. The molecule has 1 N–H and O–H groups in total. The van der Waals surface area contributed by atoms with Gasteiger partial charge < -0.3 is 15.0 Å². The predicted molar refractivity (Wildman–Crippen MR) is 98.9 cm³/mol. The van der Waals surface area contributed by atoms with Gasteiger partial charge in [0, 0.05) is 24.4 Å². The molecule has 1 aliphatic rings. The van der Waals surface area contributed by atoms with Crippen LogP contribution in [-0.4, -0.2) is 48.1 Å². The van der Waals surface area contributed by atoms with Gasteiger partial charge in [0.15, 0.2) is 0 Å². The molecule has 26 heavy (non-hydrogen) atoms. The number of rotatable bonds is 5. The Bertz CT molecular complexity index is 795. The van der Waals surface area contributed by atoms with Crippen molar-refractivity contribution >= 4 is 28.6 Å². The molecule has 1 aliphatic heterocycles. The van der Waals surface area contributed by atoms with Crippen LogP contribution in [0.3, 0.4) is 0 Å². The van der Waals surface area contributed by atoms with Crippen molar-refractivity contribution in [2.45, 2.75) is 26.7 Å². The zero-order valence-electron chi connectivity index (χ0n) is 15.2. The van der Waals surface area contributed by atoms with Gasteiger partial charge in [-0.2, -0.15) is 0 Å². The maximum Gasteiger partial charge on any atom is 0.325 e. The fourth-order valence-corrected chi connectivity index (χ4v) is 3.37. The number of aromatic nitrogens is 2. The first-order valence-electron chi connectivity index (χ1n) is 8.98. The van der Waals surface area contributed by atoms with E-state index in [1.807, 2.05) is 12.1 Å². The van der Waals surface area contributed by atoms with Crippen LogP contribution in [0.15, 0.2) is 24.5 Å². The molecule has 0 saturated carbocycles. The number of esters is 1. The molecule has 0 atom stereocenters. The highest BCUT2D eigenvalue weighted by Crippen LogP contribution is 2.29. The van der Waals surface area contributed by atoms with Gasteiger partial charge in [0.1, 0.15) is 18.7 Å². The van der Waals surface area contributed by atoms with Gasteiger partial charge in [0.2, 0.25) is 5.91 Å². The summed E-state index contributed by atoms with van der Waals surface area (Å²) in [5, 5.41) is 3.74. The molecule has 0 radical (unpaired) electrons. The number of fused-ring (bicyclic) bond motifs is 1. The Morgan fingerprint density at radius 1 is 1.27 bits per heavy atom. The van der Waals surface area contributed by atoms with E-state index < -0.39 is 5.97 Å². The van der Waals surface area contributed by atoms with Crippen molar-refractivity contribution in [2.24, 2.45) is 5.92 Å². The summed E-state index contributed by atoms with van der Waals surface area (Å²) in [7, 11) is 0. The van der Waals surface area contributed by atoms with Crippen molar-refractivity contribution in [3.05, 3.63) is 30.1 Å². The summed E-state index contributed by atoms with van der Waals surface area (Å²) >= 11 is 0. The average Bonchev–Trinajstić information content (AvgIpc) is 2.66. The van der Waals surface area contributed by atoms with Crippen molar-refractivity contribution in [1.82, 2.24) is 15.3 Å². The number of carbonyl (C=O) groups excluding carboxylic acids is 2. The van der Waals surface area contributed by atoms with Gasteiger partial charge in [-0.3, -0.25) is 9.59 Å². The smallest absolute Gasteiger partial charge is 0.325 e. The maximum atomic E-state index is 12.3. The standard InChI is InChI=1S/C19H24N4O3/c1-3-26-16(24)11-20-19(25)14-7-9-23(10-8-14)18-17-13(2)5-4-6-15(17)21-12-22-18/h4-6,12,14H,3,7-11H2,1-2H3,(H,20,25). The fourth-order valence-electron chi connectivity index (χ4n) is 3.37. The van der Waals surface area contributed by atoms with Gasteiger partial charge in [-0.15, -0.1) is 0 Å². The molecule has 7 heteroatoms. The lowest BCUT2D eigenvalue weighted by Gasteiger charge is -2.32. The van der Waals surface area contributed by atoms with Crippen molar-refractivity contribution < 1.29 is 14.3 Å². The van der Waals surface area contributed by atoms with Crippen LogP contribution in [0.4, 0.5) is 5.82 Å². The van der Waals surface area contributed by atoms with Gasteiger partial charge >= 0.3 is 5.97 Å². The zero-order chi connectivity index (χ0) is 18.5.